The van der Waals surface area contributed by atoms with Gasteiger partial charge in [-0.1, -0.05) is 6.07 Å². The van der Waals surface area contributed by atoms with Crippen LogP contribution in [0.25, 0.3) is 10.6 Å². The lowest BCUT2D eigenvalue weighted by Gasteiger charge is -2.03. The Labute approximate surface area is 102 Å². The third kappa shape index (κ3) is 2.54. The number of nitrogens with two attached hydrogens (primary N) is 1. The van der Waals surface area contributed by atoms with Gasteiger partial charge in [0.15, 0.2) is 0 Å². The van der Waals surface area contributed by atoms with Crippen molar-refractivity contribution in [1.29, 1.82) is 0 Å². The lowest BCUT2D eigenvalue weighted by molar-refractivity contribution is -0.137. The first-order chi connectivity index (χ1) is 8.08. The van der Waals surface area contributed by atoms with Crippen LogP contribution in [0.15, 0.2) is 17.5 Å². The molecular weight excluding hydrogens is 238 g/mol. The molecule has 0 saturated heterocycles. The van der Waals surface area contributed by atoms with Gasteiger partial charge in [-0.3, -0.25) is 4.79 Å². The highest BCUT2D eigenvalue weighted by Crippen LogP contribution is 2.27. The van der Waals surface area contributed by atoms with Crippen molar-refractivity contribution >= 4 is 17.3 Å². The Morgan fingerprint density at radius 1 is 1.71 bits per heavy atom. The molecule has 2 rings (SSSR count). The standard InChI is InChI=1S/C11H13N3O2S/c1-6-10(8-3-2-4-17-8)14-11(13-6)7(12)5-9(15)16/h2-4,7H,5,12H2,1H3,(H,13,14)(H,15,16). The van der Waals surface area contributed by atoms with E-state index in [0.717, 1.165) is 16.3 Å². The van der Waals surface area contributed by atoms with Crippen molar-refractivity contribution in [2.45, 2.75) is 19.4 Å². The summed E-state index contributed by atoms with van der Waals surface area (Å²) in [6, 6.07) is 3.32. The highest BCUT2D eigenvalue weighted by atomic mass is 32.1. The van der Waals surface area contributed by atoms with E-state index in [0.29, 0.717) is 5.82 Å². The maximum Gasteiger partial charge on any atom is 0.305 e. The molecule has 90 valence electrons. The quantitative estimate of drug-likeness (QED) is 0.774. The fourth-order valence-electron chi connectivity index (χ4n) is 1.60. The van der Waals surface area contributed by atoms with E-state index in [1.165, 1.54) is 0 Å². The number of rotatable bonds is 4. The van der Waals surface area contributed by atoms with Crippen LogP contribution >= 0.6 is 11.3 Å². The first kappa shape index (κ1) is 11.8. The molecule has 0 aromatic carbocycles. The van der Waals surface area contributed by atoms with Crippen molar-refractivity contribution < 1.29 is 9.90 Å². The highest BCUT2D eigenvalue weighted by molar-refractivity contribution is 7.13. The lowest BCUT2D eigenvalue weighted by atomic mass is 10.2. The summed E-state index contributed by atoms with van der Waals surface area (Å²) in [5, 5.41) is 10.7. The molecule has 5 nitrogen and oxygen atoms in total. The van der Waals surface area contributed by atoms with Gasteiger partial charge in [0.1, 0.15) is 11.5 Å². The number of aryl methyl sites for hydroxylation is 1. The van der Waals surface area contributed by atoms with Crippen molar-refractivity contribution in [1.82, 2.24) is 9.97 Å². The number of aliphatic carboxylic acids is 1. The lowest BCUT2D eigenvalue weighted by Crippen LogP contribution is -2.16. The number of aromatic amines is 1. The average molecular weight is 251 g/mol. The van der Waals surface area contributed by atoms with Gasteiger partial charge in [-0.25, -0.2) is 4.98 Å². The molecule has 0 bridgehead atoms. The van der Waals surface area contributed by atoms with Gasteiger partial charge in [-0.15, -0.1) is 11.3 Å². The topological polar surface area (TPSA) is 92.0 Å². The molecule has 17 heavy (non-hydrogen) atoms. The van der Waals surface area contributed by atoms with E-state index < -0.39 is 12.0 Å². The van der Waals surface area contributed by atoms with Crippen molar-refractivity contribution in [3.05, 3.63) is 29.0 Å². The number of thiophene rings is 1. The summed E-state index contributed by atoms with van der Waals surface area (Å²) in [5.74, 6) is -0.405. The second kappa shape index (κ2) is 4.68. The minimum absolute atomic E-state index is 0.128. The van der Waals surface area contributed by atoms with E-state index in [1.807, 2.05) is 24.4 Å². The van der Waals surface area contributed by atoms with Crippen molar-refractivity contribution in [2.75, 3.05) is 0 Å². The molecule has 4 N–H and O–H groups in total. The van der Waals surface area contributed by atoms with Crippen molar-refractivity contribution in [3.63, 3.8) is 0 Å². The Bertz CT molecular complexity index is 519. The van der Waals surface area contributed by atoms with E-state index in [2.05, 4.69) is 9.97 Å². The number of imidazole rings is 1. The minimum atomic E-state index is -0.927. The van der Waals surface area contributed by atoms with Crippen LogP contribution in [0.2, 0.25) is 0 Å². The van der Waals surface area contributed by atoms with Gasteiger partial charge >= 0.3 is 5.97 Å². The smallest absolute Gasteiger partial charge is 0.305 e. The van der Waals surface area contributed by atoms with Crippen LogP contribution < -0.4 is 5.73 Å². The normalized spacial score (nSPS) is 12.6. The van der Waals surface area contributed by atoms with Crippen LogP contribution in [-0.2, 0) is 4.79 Å². The molecule has 0 aliphatic heterocycles. The maximum atomic E-state index is 10.6. The first-order valence-corrected chi connectivity index (χ1v) is 6.03. The van der Waals surface area contributed by atoms with Gasteiger partial charge in [0.05, 0.1) is 17.3 Å². The van der Waals surface area contributed by atoms with Gasteiger partial charge in [-0.2, -0.15) is 0 Å². The molecular formula is C11H13N3O2S. The molecule has 2 aromatic heterocycles. The summed E-state index contributed by atoms with van der Waals surface area (Å²) in [4.78, 5) is 19.0. The summed E-state index contributed by atoms with van der Waals surface area (Å²) < 4.78 is 0. The van der Waals surface area contributed by atoms with Crippen molar-refractivity contribution in [3.8, 4) is 10.6 Å². The fraction of sp³-hybridized carbons (Fsp3) is 0.273. The fourth-order valence-corrected chi connectivity index (χ4v) is 2.37. The average Bonchev–Trinajstić information content (AvgIpc) is 2.84. The molecule has 0 aliphatic carbocycles. The summed E-state index contributed by atoms with van der Waals surface area (Å²) in [6.45, 7) is 1.90. The van der Waals surface area contributed by atoms with Gasteiger partial charge in [0.25, 0.3) is 0 Å². The second-order valence-corrected chi connectivity index (χ2v) is 4.73. The molecule has 1 unspecified atom stereocenters. The molecule has 0 aliphatic rings. The minimum Gasteiger partial charge on any atom is -0.481 e. The third-order valence-corrected chi connectivity index (χ3v) is 3.28. The monoisotopic (exact) mass is 251 g/mol. The van der Waals surface area contributed by atoms with Crippen LogP contribution in [-0.4, -0.2) is 21.0 Å². The van der Waals surface area contributed by atoms with Crippen LogP contribution in [0.4, 0.5) is 0 Å². The molecule has 0 fully saturated rings. The second-order valence-electron chi connectivity index (χ2n) is 3.78. The number of carboxylic acids is 1. The Morgan fingerprint density at radius 3 is 3.06 bits per heavy atom. The number of nitrogens with one attached hydrogen (secondary N) is 1. The molecule has 0 saturated carbocycles. The van der Waals surface area contributed by atoms with Gasteiger partial charge in [0, 0.05) is 5.69 Å². The van der Waals surface area contributed by atoms with Gasteiger partial charge < -0.3 is 15.8 Å². The molecule has 1 atom stereocenters. The van der Waals surface area contributed by atoms with E-state index in [-0.39, 0.29) is 6.42 Å². The Hall–Kier alpha value is -1.66. The molecule has 2 aromatic rings. The summed E-state index contributed by atoms with van der Waals surface area (Å²) in [7, 11) is 0. The Morgan fingerprint density at radius 2 is 2.47 bits per heavy atom. The van der Waals surface area contributed by atoms with Crippen molar-refractivity contribution in [2.24, 2.45) is 5.73 Å². The van der Waals surface area contributed by atoms with E-state index in [4.69, 9.17) is 10.8 Å². The third-order valence-electron chi connectivity index (χ3n) is 2.40. The number of carboxylic acid groups (broad SMARTS) is 1. The predicted octanol–water partition coefficient (Wildman–Crippen LogP) is 1.92. The predicted molar refractivity (Wildman–Crippen MR) is 65.8 cm³/mol. The maximum absolute atomic E-state index is 10.6. The van der Waals surface area contributed by atoms with Gasteiger partial charge in [0.2, 0.25) is 0 Å². The van der Waals surface area contributed by atoms with Crippen LogP contribution in [0.1, 0.15) is 24.0 Å². The number of H-pyrrole nitrogens is 1. The molecule has 6 heteroatoms. The SMILES string of the molecule is Cc1[nH]c(C(N)CC(=O)O)nc1-c1cccs1. The summed E-state index contributed by atoms with van der Waals surface area (Å²) >= 11 is 1.59. The number of carbonyl (C=O) groups is 1. The number of nitrogens with zero attached hydrogens (tertiary/aromatic N) is 1. The summed E-state index contributed by atoms with van der Waals surface area (Å²) in [5.41, 5.74) is 7.51. The number of aromatic nitrogens is 2. The van der Waals surface area contributed by atoms with E-state index in [9.17, 15) is 4.79 Å². The van der Waals surface area contributed by atoms with Crippen LogP contribution in [0.5, 0.6) is 0 Å². The van der Waals surface area contributed by atoms with E-state index >= 15 is 0 Å². The molecule has 0 amide bonds. The highest BCUT2D eigenvalue weighted by Gasteiger charge is 2.17. The van der Waals surface area contributed by atoms with Crippen LogP contribution in [0, 0.1) is 6.92 Å². The summed E-state index contributed by atoms with van der Waals surface area (Å²) in [6.07, 6.45) is -0.128. The number of hydrogen-bond acceptors (Lipinski definition) is 4. The molecule has 0 radical (unpaired) electrons. The zero-order chi connectivity index (χ0) is 12.4. The molecule has 2 heterocycles. The zero-order valence-corrected chi connectivity index (χ0v) is 10.1. The van der Waals surface area contributed by atoms with E-state index in [1.54, 1.807) is 11.3 Å². The zero-order valence-electron chi connectivity index (χ0n) is 9.30. The first-order valence-electron chi connectivity index (χ1n) is 5.15. The Balaban J connectivity index is 2.27. The Kier molecular flexibility index (Phi) is 3.26. The largest absolute Gasteiger partial charge is 0.481 e. The van der Waals surface area contributed by atoms with Crippen LogP contribution in [0.3, 0.4) is 0 Å². The molecule has 0 spiro atoms. The van der Waals surface area contributed by atoms with Gasteiger partial charge in [-0.05, 0) is 18.4 Å². The number of hydrogen-bond donors (Lipinski definition) is 3.